The molecule has 5 heterocycles. The molecule has 2 unspecified atom stereocenters. The molecule has 3 aromatic heterocycles. The van der Waals surface area contributed by atoms with Crippen LogP contribution in [0, 0.1) is 0 Å². The van der Waals surface area contributed by atoms with Gasteiger partial charge in [0.25, 0.3) is 5.91 Å². The molecule has 2 aliphatic heterocycles. The predicted molar refractivity (Wildman–Crippen MR) is 212 cm³/mol. The molecule has 53 heavy (non-hydrogen) atoms. The maximum atomic E-state index is 14.6. The number of fused-ring (bicyclic) bond motifs is 1. The van der Waals surface area contributed by atoms with Crippen LogP contribution in [0.2, 0.25) is 10.0 Å². The van der Waals surface area contributed by atoms with E-state index < -0.39 is 0 Å². The molecule has 3 aromatic carbocycles. The molecule has 4 N–H and O–H groups in total. The van der Waals surface area contributed by atoms with Crippen molar-refractivity contribution in [3.63, 3.8) is 0 Å². The molecule has 10 nitrogen and oxygen atoms in total. The zero-order chi connectivity index (χ0) is 36.5. The lowest BCUT2D eigenvalue weighted by Crippen LogP contribution is -2.49. The fourth-order valence-electron chi connectivity index (χ4n) is 7.57. The Hall–Kier alpha value is -5.16. The third-order valence-corrected chi connectivity index (χ3v) is 10.9. The van der Waals surface area contributed by atoms with Crippen LogP contribution in [-0.2, 0) is 4.79 Å². The highest BCUT2D eigenvalue weighted by Crippen LogP contribution is 2.42. The summed E-state index contributed by atoms with van der Waals surface area (Å²) in [5, 5.41) is 11.8. The average Bonchev–Trinajstić information content (AvgIpc) is 3.95. The Bertz CT molecular complexity index is 2260. The number of piperidine rings is 1. The van der Waals surface area contributed by atoms with Gasteiger partial charge in [-0.3, -0.25) is 9.59 Å². The van der Waals surface area contributed by atoms with E-state index in [1.165, 1.54) is 0 Å². The molecule has 2 atom stereocenters. The molecular formula is C41H40Cl2N8O2. The van der Waals surface area contributed by atoms with E-state index in [9.17, 15) is 9.59 Å². The quantitative estimate of drug-likeness (QED) is 0.119. The van der Waals surface area contributed by atoms with Gasteiger partial charge in [0.05, 0.1) is 35.5 Å². The number of carbonyl (C=O) groups excluding carboxylic acids is 2. The van der Waals surface area contributed by atoms with Crippen molar-refractivity contribution in [3.05, 3.63) is 119 Å². The van der Waals surface area contributed by atoms with Crippen LogP contribution in [0.3, 0.4) is 0 Å². The van der Waals surface area contributed by atoms with Gasteiger partial charge in [-0.2, -0.15) is 0 Å². The third-order valence-electron chi connectivity index (χ3n) is 10.4. The number of amides is 2. The van der Waals surface area contributed by atoms with E-state index >= 15 is 0 Å². The fraction of sp³-hybridized carbons (Fsp3) is 0.268. The maximum absolute atomic E-state index is 14.6. The summed E-state index contributed by atoms with van der Waals surface area (Å²) < 4.78 is 2.11. The Morgan fingerprint density at radius 3 is 2.43 bits per heavy atom. The van der Waals surface area contributed by atoms with Crippen molar-refractivity contribution >= 4 is 57.4 Å². The normalized spacial score (nSPS) is 16.9. The molecule has 2 saturated heterocycles. The van der Waals surface area contributed by atoms with Crippen LogP contribution in [0.1, 0.15) is 54.7 Å². The second-order valence-electron chi connectivity index (χ2n) is 13.8. The number of rotatable bonds is 9. The van der Waals surface area contributed by atoms with Crippen molar-refractivity contribution in [1.29, 1.82) is 0 Å². The Morgan fingerprint density at radius 2 is 1.68 bits per heavy atom. The molecule has 2 aliphatic rings. The number of nitrogens with zero attached hydrogens (tertiary/aromatic N) is 4. The molecule has 270 valence electrons. The summed E-state index contributed by atoms with van der Waals surface area (Å²) in [5.41, 5.74) is 5.92. The molecule has 0 aliphatic carbocycles. The van der Waals surface area contributed by atoms with Gasteiger partial charge in [-0.1, -0.05) is 71.7 Å². The molecule has 2 amide bonds. The number of aromatic amines is 1. The fourth-order valence-corrected chi connectivity index (χ4v) is 7.87. The minimum atomic E-state index is -0.321. The Morgan fingerprint density at radius 1 is 0.906 bits per heavy atom. The number of pyridine rings is 1. The van der Waals surface area contributed by atoms with Gasteiger partial charge in [0.2, 0.25) is 5.91 Å². The Balaban J connectivity index is 1.14. The number of aromatic nitrogens is 4. The summed E-state index contributed by atoms with van der Waals surface area (Å²) in [7, 11) is 0. The van der Waals surface area contributed by atoms with E-state index in [0.29, 0.717) is 45.9 Å². The summed E-state index contributed by atoms with van der Waals surface area (Å²) >= 11 is 12.8. The number of halogens is 2. The van der Waals surface area contributed by atoms with E-state index in [0.717, 1.165) is 65.6 Å². The van der Waals surface area contributed by atoms with Crippen LogP contribution in [0.5, 0.6) is 0 Å². The van der Waals surface area contributed by atoms with Gasteiger partial charge in [-0.15, -0.1) is 0 Å². The van der Waals surface area contributed by atoms with Gasteiger partial charge >= 0.3 is 0 Å². The molecule has 0 bridgehead atoms. The second kappa shape index (κ2) is 15.1. The zero-order valence-electron chi connectivity index (χ0n) is 29.3. The first-order chi connectivity index (χ1) is 25.8. The SMILES string of the molecule is CC(c1ccc(Cl)cc1)n1cnc(-c2ccccc2)c1-c1c(C(=O)Nc2cccnc2N2CCC(NC(=O)C3CCCN3)CC2)[nH]c2cc(Cl)ccc12. The largest absolute Gasteiger partial charge is 0.355 e. The number of nitrogens with one attached hydrogen (secondary N) is 4. The van der Waals surface area contributed by atoms with Crippen LogP contribution in [0.4, 0.5) is 11.5 Å². The molecule has 6 aromatic rings. The summed E-state index contributed by atoms with van der Waals surface area (Å²) in [6, 6.07) is 26.9. The number of carbonyl (C=O) groups is 2. The summed E-state index contributed by atoms with van der Waals surface area (Å²) in [4.78, 5) is 42.6. The number of hydrogen-bond acceptors (Lipinski definition) is 6. The van der Waals surface area contributed by atoms with Gasteiger partial charge in [0, 0.05) is 57.4 Å². The van der Waals surface area contributed by atoms with Gasteiger partial charge in [-0.25, -0.2) is 9.97 Å². The molecule has 0 radical (unpaired) electrons. The first-order valence-electron chi connectivity index (χ1n) is 18.1. The van der Waals surface area contributed by atoms with Crippen LogP contribution >= 0.6 is 23.2 Å². The van der Waals surface area contributed by atoms with Crippen molar-refractivity contribution in [2.75, 3.05) is 29.9 Å². The van der Waals surface area contributed by atoms with Gasteiger partial charge in [-0.05, 0) is 81.1 Å². The first kappa shape index (κ1) is 34.9. The van der Waals surface area contributed by atoms with Crippen molar-refractivity contribution in [2.24, 2.45) is 0 Å². The summed E-state index contributed by atoms with van der Waals surface area (Å²) in [6.07, 6.45) is 7.05. The van der Waals surface area contributed by atoms with E-state index in [1.807, 2.05) is 91.3 Å². The highest BCUT2D eigenvalue weighted by atomic mass is 35.5. The van der Waals surface area contributed by atoms with Crippen LogP contribution in [-0.4, -0.2) is 63.1 Å². The van der Waals surface area contributed by atoms with Crippen LogP contribution in [0.15, 0.2) is 97.5 Å². The molecule has 8 rings (SSSR count). The minimum absolute atomic E-state index is 0.0847. The number of imidazole rings is 1. The van der Waals surface area contributed by atoms with Crippen LogP contribution < -0.4 is 20.9 Å². The van der Waals surface area contributed by atoms with E-state index in [-0.39, 0.29) is 29.9 Å². The van der Waals surface area contributed by atoms with Gasteiger partial charge in [0.1, 0.15) is 5.69 Å². The van der Waals surface area contributed by atoms with E-state index in [4.69, 9.17) is 33.2 Å². The molecule has 2 fully saturated rings. The molecule has 12 heteroatoms. The number of anilines is 2. The minimum Gasteiger partial charge on any atom is -0.355 e. The zero-order valence-corrected chi connectivity index (χ0v) is 30.8. The number of benzene rings is 3. The topological polar surface area (TPSA) is 120 Å². The molecular weight excluding hydrogens is 707 g/mol. The molecule has 0 saturated carbocycles. The maximum Gasteiger partial charge on any atom is 0.272 e. The summed E-state index contributed by atoms with van der Waals surface area (Å²) in [5.74, 6) is 0.454. The highest BCUT2D eigenvalue weighted by Gasteiger charge is 2.30. The standard InChI is InChI=1S/C41H40Cl2N8O2/c1-25(26-11-13-28(42)14-12-26)51-24-46-36(27-7-3-2-4-8-27)38(51)35-31-16-15-29(43)23-34(31)48-37(35)41(53)49-32-9-5-20-45-39(32)50-21-17-30(18-22-50)47-40(52)33-10-6-19-44-33/h2-5,7-9,11-16,20,23-25,30,33,44,48H,6,10,17-19,21-22H2,1H3,(H,47,52)(H,49,53). The average molecular weight is 748 g/mol. The predicted octanol–water partition coefficient (Wildman–Crippen LogP) is 8.10. The van der Waals surface area contributed by atoms with Crippen molar-refractivity contribution in [2.45, 2.75) is 50.7 Å². The molecule has 0 spiro atoms. The van der Waals surface area contributed by atoms with Gasteiger partial charge in [0.15, 0.2) is 5.82 Å². The lowest BCUT2D eigenvalue weighted by molar-refractivity contribution is -0.123. The lowest BCUT2D eigenvalue weighted by atomic mass is 9.99. The summed E-state index contributed by atoms with van der Waals surface area (Å²) in [6.45, 7) is 4.39. The highest BCUT2D eigenvalue weighted by molar-refractivity contribution is 6.31. The van der Waals surface area contributed by atoms with Crippen LogP contribution in [0.25, 0.3) is 33.4 Å². The number of H-pyrrole nitrogens is 1. The smallest absolute Gasteiger partial charge is 0.272 e. The van der Waals surface area contributed by atoms with Crippen molar-refractivity contribution in [1.82, 2.24) is 30.2 Å². The Labute approximate surface area is 317 Å². The van der Waals surface area contributed by atoms with Crippen molar-refractivity contribution < 1.29 is 9.59 Å². The van der Waals surface area contributed by atoms with E-state index in [2.05, 4.69) is 37.3 Å². The first-order valence-corrected chi connectivity index (χ1v) is 18.8. The number of hydrogen-bond donors (Lipinski definition) is 4. The Kier molecular flexibility index (Phi) is 9.92. The van der Waals surface area contributed by atoms with E-state index in [1.54, 1.807) is 6.20 Å². The monoisotopic (exact) mass is 746 g/mol. The van der Waals surface area contributed by atoms with Crippen molar-refractivity contribution in [3.8, 4) is 22.5 Å². The third kappa shape index (κ3) is 7.14. The lowest BCUT2D eigenvalue weighted by Gasteiger charge is -2.34. The second-order valence-corrected chi connectivity index (χ2v) is 14.6. The van der Waals surface area contributed by atoms with Gasteiger partial charge < -0.3 is 30.4 Å².